The highest BCUT2D eigenvalue weighted by molar-refractivity contribution is 6.30. The molecule has 2 rings (SSSR count). The Morgan fingerprint density at radius 1 is 1.14 bits per heavy atom. The molecule has 2 aromatic carbocycles. The predicted molar refractivity (Wildman–Crippen MR) is 82.7 cm³/mol. The Labute approximate surface area is 133 Å². The van der Waals surface area contributed by atoms with Crippen LogP contribution in [-0.2, 0) is 11.2 Å². The molecule has 116 valence electrons. The van der Waals surface area contributed by atoms with Crippen molar-refractivity contribution in [2.24, 2.45) is 0 Å². The van der Waals surface area contributed by atoms with Gasteiger partial charge in [-0.1, -0.05) is 29.8 Å². The van der Waals surface area contributed by atoms with Gasteiger partial charge in [0.1, 0.15) is 0 Å². The summed E-state index contributed by atoms with van der Waals surface area (Å²) in [5, 5.41) is 3.50. The summed E-state index contributed by atoms with van der Waals surface area (Å²) in [6.07, 6.45) is 0.569. The fraction of sp³-hybridized carbons (Fsp3) is 0.235. The van der Waals surface area contributed by atoms with Gasteiger partial charge >= 0.3 is 0 Å². The number of amides is 1. The number of carbonyl (C=O) groups excluding carboxylic acids is 1. The fourth-order valence-electron chi connectivity index (χ4n) is 2.10. The molecule has 0 bridgehead atoms. The molecule has 1 amide bonds. The predicted octanol–water partition coefficient (Wildman–Crippen LogP) is 4.43. The van der Waals surface area contributed by atoms with Gasteiger partial charge in [-0.25, -0.2) is 8.78 Å². The molecule has 5 heteroatoms. The largest absolute Gasteiger partial charge is 0.350 e. The van der Waals surface area contributed by atoms with Crippen LogP contribution >= 0.6 is 11.6 Å². The van der Waals surface area contributed by atoms with Crippen LogP contribution in [0.2, 0.25) is 5.02 Å². The van der Waals surface area contributed by atoms with E-state index in [4.69, 9.17) is 11.6 Å². The number of benzene rings is 2. The van der Waals surface area contributed by atoms with Crippen LogP contribution in [0.3, 0.4) is 0 Å². The van der Waals surface area contributed by atoms with Crippen molar-refractivity contribution in [2.45, 2.75) is 25.8 Å². The molecule has 0 aliphatic heterocycles. The maximum atomic E-state index is 13.1. The molecule has 0 fully saturated rings. The van der Waals surface area contributed by atoms with Gasteiger partial charge in [0, 0.05) is 11.4 Å². The van der Waals surface area contributed by atoms with E-state index in [2.05, 4.69) is 5.32 Å². The highest BCUT2D eigenvalue weighted by Gasteiger charge is 2.10. The molecule has 0 aliphatic carbocycles. The van der Waals surface area contributed by atoms with E-state index in [1.807, 2.05) is 19.1 Å². The maximum absolute atomic E-state index is 13.1. The van der Waals surface area contributed by atoms with Gasteiger partial charge in [0.15, 0.2) is 11.6 Å². The van der Waals surface area contributed by atoms with Gasteiger partial charge in [-0.2, -0.15) is 0 Å². The van der Waals surface area contributed by atoms with E-state index in [1.165, 1.54) is 6.07 Å². The minimum absolute atomic E-state index is 0.144. The average molecular weight is 324 g/mol. The summed E-state index contributed by atoms with van der Waals surface area (Å²) in [6.45, 7) is 1.87. The Bertz CT molecular complexity index is 658. The van der Waals surface area contributed by atoms with E-state index in [1.54, 1.807) is 12.1 Å². The number of hydrogen-bond acceptors (Lipinski definition) is 1. The molecule has 0 saturated carbocycles. The molecule has 2 nitrogen and oxygen atoms in total. The second kappa shape index (κ2) is 7.36. The molecule has 0 aromatic heterocycles. The molecule has 1 unspecified atom stereocenters. The van der Waals surface area contributed by atoms with Crippen molar-refractivity contribution in [2.75, 3.05) is 0 Å². The molecular formula is C17H16ClF2NO. The van der Waals surface area contributed by atoms with Crippen molar-refractivity contribution in [3.05, 3.63) is 70.2 Å². The molecule has 0 saturated heterocycles. The highest BCUT2D eigenvalue weighted by atomic mass is 35.5. The van der Waals surface area contributed by atoms with E-state index in [0.29, 0.717) is 17.0 Å². The molecule has 22 heavy (non-hydrogen) atoms. The van der Waals surface area contributed by atoms with Crippen molar-refractivity contribution in [1.82, 2.24) is 5.32 Å². The highest BCUT2D eigenvalue weighted by Crippen LogP contribution is 2.16. The standard InChI is InChI=1S/C17H16ClF2NO/c1-11(13-4-6-14(18)7-5-13)21-17(22)9-3-12-2-8-15(19)16(20)10-12/h2,4-8,10-11H,3,9H2,1H3,(H,21,22). The van der Waals surface area contributed by atoms with Crippen LogP contribution in [0.15, 0.2) is 42.5 Å². The molecule has 0 radical (unpaired) electrons. The van der Waals surface area contributed by atoms with Crippen molar-refractivity contribution in [1.29, 1.82) is 0 Å². The van der Waals surface area contributed by atoms with E-state index >= 15 is 0 Å². The first-order valence-corrected chi connectivity index (χ1v) is 7.32. The molecule has 1 N–H and O–H groups in total. The monoisotopic (exact) mass is 323 g/mol. The van der Waals surface area contributed by atoms with E-state index in [9.17, 15) is 13.6 Å². The van der Waals surface area contributed by atoms with Crippen LogP contribution in [0.5, 0.6) is 0 Å². The Balaban J connectivity index is 1.87. The van der Waals surface area contributed by atoms with Gasteiger partial charge in [-0.05, 0) is 48.7 Å². The van der Waals surface area contributed by atoms with Gasteiger partial charge < -0.3 is 5.32 Å². The number of nitrogens with one attached hydrogen (secondary N) is 1. The van der Waals surface area contributed by atoms with Crippen molar-refractivity contribution in [3.8, 4) is 0 Å². The zero-order valence-electron chi connectivity index (χ0n) is 12.1. The summed E-state index contributed by atoms with van der Waals surface area (Å²) in [4.78, 5) is 11.9. The number of hydrogen-bond donors (Lipinski definition) is 1. The summed E-state index contributed by atoms with van der Waals surface area (Å²) in [6, 6.07) is 10.8. The average Bonchev–Trinajstić information content (AvgIpc) is 2.49. The lowest BCUT2D eigenvalue weighted by atomic mass is 10.1. The van der Waals surface area contributed by atoms with Crippen LogP contribution in [0.4, 0.5) is 8.78 Å². The second-order valence-electron chi connectivity index (χ2n) is 5.09. The molecule has 0 spiro atoms. The molecule has 0 aliphatic rings. The third-order valence-electron chi connectivity index (χ3n) is 3.37. The van der Waals surface area contributed by atoms with Crippen molar-refractivity contribution < 1.29 is 13.6 Å². The van der Waals surface area contributed by atoms with Crippen LogP contribution in [0, 0.1) is 11.6 Å². The fourth-order valence-corrected chi connectivity index (χ4v) is 2.23. The summed E-state index contributed by atoms with van der Waals surface area (Å²) < 4.78 is 25.9. The lowest BCUT2D eigenvalue weighted by Crippen LogP contribution is -2.26. The molecule has 0 heterocycles. The molecule has 1 atom stereocenters. The zero-order valence-corrected chi connectivity index (χ0v) is 12.8. The first-order chi connectivity index (χ1) is 10.5. The maximum Gasteiger partial charge on any atom is 0.220 e. The van der Waals surface area contributed by atoms with Crippen LogP contribution in [0.1, 0.15) is 30.5 Å². The summed E-state index contributed by atoms with van der Waals surface area (Å²) in [5.41, 5.74) is 1.54. The van der Waals surface area contributed by atoms with Gasteiger partial charge in [0.25, 0.3) is 0 Å². The smallest absolute Gasteiger partial charge is 0.220 e. The Hall–Kier alpha value is -1.94. The quantitative estimate of drug-likeness (QED) is 0.866. The third kappa shape index (κ3) is 4.53. The van der Waals surface area contributed by atoms with Crippen molar-refractivity contribution in [3.63, 3.8) is 0 Å². The summed E-state index contributed by atoms with van der Waals surface area (Å²) in [5.74, 6) is -1.93. The van der Waals surface area contributed by atoms with Gasteiger partial charge in [-0.15, -0.1) is 0 Å². The lowest BCUT2D eigenvalue weighted by Gasteiger charge is -2.14. The van der Waals surface area contributed by atoms with Gasteiger partial charge in [0.05, 0.1) is 6.04 Å². The first-order valence-electron chi connectivity index (χ1n) is 6.94. The number of carbonyl (C=O) groups is 1. The van der Waals surface area contributed by atoms with E-state index < -0.39 is 11.6 Å². The van der Waals surface area contributed by atoms with E-state index in [-0.39, 0.29) is 18.4 Å². The zero-order chi connectivity index (χ0) is 16.1. The molecule has 2 aromatic rings. The summed E-state index contributed by atoms with van der Waals surface area (Å²) >= 11 is 5.82. The lowest BCUT2D eigenvalue weighted by molar-refractivity contribution is -0.121. The Morgan fingerprint density at radius 3 is 2.45 bits per heavy atom. The first kappa shape index (κ1) is 16.4. The van der Waals surface area contributed by atoms with Crippen LogP contribution in [-0.4, -0.2) is 5.91 Å². The van der Waals surface area contributed by atoms with Gasteiger partial charge in [0.2, 0.25) is 5.91 Å². The molecular weight excluding hydrogens is 308 g/mol. The topological polar surface area (TPSA) is 29.1 Å². The Kier molecular flexibility index (Phi) is 5.50. The number of halogens is 3. The summed E-state index contributed by atoms with van der Waals surface area (Å²) in [7, 11) is 0. The minimum atomic E-state index is -0.896. The normalized spacial score (nSPS) is 12.0. The Morgan fingerprint density at radius 2 is 1.82 bits per heavy atom. The number of rotatable bonds is 5. The SMILES string of the molecule is CC(NC(=O)CCc1ccc(F)c(F)c1)c1ccc(Cl)cc1. The second-order valence-corrected chi connectivity index (χ2v) is 5.53. The van der Waals surface area contributed by atoms with E-state index in [0.717, 1.165) is 17.7 Å². The van der Waals surface area contributed by atoms with Crippen LogP contribution in [0.25, 0.3) is 0 Å². The third-order valence-corrected chi connectivity index (χ3v) is 3.62. The van der Waals surface area contributed by atoms with Gasteiger partial charge in [-0.3, -0.25) is 4.79 Å². The number of aryl methyl sites for hydroxylation is 1. The van der Waals surface area contributed by atoms with Crippen LogP contribution < -0.4 is 5.32 Å². The van der Waals surface area contributed by atoms with Crippen molar-refractivity contribution >= 4 is 17.5 Å². The minimum Gasteiger partial charge on any atom is -0.350 e.